The zero-order chi connectivity index (χ0) is 30.3. The van der Waals surface area contributed by atoms with Crippen molar-refractivity contribution in [2.45, 2.75) is 58.2 Å². The van der Waals surface area contributed by atoms with Crippen LogP contribution in [-0.2, 0) is 14.1 Å². The molecule has 0 spiro atoms. The van der Waals surface area contributed by atoms with Gasteiger partial charge in [-0.3, -0.25) is 9.36 Å². The fraction of sp³-hybridized carbons (Fsp3) is 0.355. The number of fused-ring (bicyclic) bond motifs is 2. The fourth-order valence-corrected chi connectivity index (χ4v) is 13.2. The van der Waals surface area contributed by atoms with Crippen molar-refractivity contribution in [3.05, 3.63) is 73.3 Å². The van der Waals surface area contributed by atoms with Crippen molar-refractivity contribution < 1.29 is 8.78 Å². The lowest BCUT2D eigenvalue weighted by molar-refractivity contribution is 0.641. The van der Waals surface area contributed by atoms with Crippen molar-refractivity contribution in [2.24, 2.45) is 14.1 Å². The maximum Gasteiger partial charge on any atom is 0.171 e. The predicted molar refractivity (Wildman–Crippen MR) is 167 cm³/mol. The van der Waals surface area contributed by atoms with Crippen molar-refractivity contribution in [2.75, 3.05) is 0 Å². The van der Waals surface area contributed by atoms with Gasteiger partial charge < -0.3 is 9.22 Å². The van der Waals surface area contributed by atoms with Gasteiger partial charge in [0.1, 0.15) is 22.9 Å². The molecule has 0 saturated heterocycles. The summed E-state index contributed by atoms with van der Waals surface area (Å²) in [5, 5.41) is 9.27. The number of aromatic nitrogens is 8. The first-order chi connectivity index (χ1) is 20.0. The standard InChI is InChI=1S/C20H29FN4Si.C11H9FN4/c1-13(2)26(14(3)4,15(5)6)25-9-8-17-19(21)18(11-22-20(17)25)16-10-23-24(7)12-16;1-16-6-7(4-15-16)9-5-14-11-8(10(9)12)2-3-13-11/h8-15H,1-7H3;2-6H,1H3,(H,13,14). The molecule has 0 bridgehead atoms. The molecule has 0 aromatic carbocycles. The average Bonchev–Trinajstić information content (AvgIpc) is 3.73. The van der Waals surface area contributed by atoms with E-state index in [1.54, 1.807) is 53.5 Å². The van der Waals surface area contributed by atoms with Crippen molar-refractivity contribution in [1.82, 2.24) is 38.7 Å². The molecule has 6 aromatic heterocycles. The number of rotatable bonds is 6. The van der Waals surface area contributed by atoms with Gasteiger partial charge in [-0.15, -0.1) is 0 Å². The van der Waals surface area contributed by atoms with Crippen LogP contribution in [0.5, 0.6) is 0 Å². The van der Waals surface area contributed by atoms with E-state index in [9.17, 15) is 4.39 Å². The molecule has 1 N–H and O–H groups in total. The van der Waals surface area contributed by atoms with Gasteiger partial charge in [0, 0.05) is 67.3 Å². The molecule has 8 nitrogen and oxygen atoms in total. The molecule has 6 rings (SSSR count). The normalized spacial score (nSPS) is 12.2. The molecule has 0 radical (unpaired) electrons. The van der Waals surface area contributed by atoms with Gasteiger partial charge in [0.25, 0.3) is 0 Å². The third-order valence-corrected chi connectivity index (χ3v) is 15.1. The van der Waals surface area contributed by atoms with Gasteiger partial charge in [0.05, 0.1) is 23.2 Å². The second kappa shape index (κ2) is 11.3. The lowest BCUT2D eigenvalue weighted by Gasteiger charge is -2.44. The average molecular weight is 589 g/mol. The molecule has 0 aliphatic carbocycles. The highest BCUT2D eigenvalue weighted by atomic mass is 28.3. The monoisotopic (exact) mass is 588 g/mol. The van der Waals surface area contributed by atoms with Gasteiger partial charge in [-0.2, -0.15) is 10.2 Å². The molecule has 6 heterocycles. The van der Waals surface area contributed by atoms with Gasteiger partial charge in [0.15, 0.2) is 8.24 Å². The first kappa shape index (κ1) is 29.4. The van der Waals surface area contributed by atoms with Crippen LogP contribution in [0.3, 0.4) is 0 Å². The predicted octanol–water partition coefficient (Wildman–Crippen LogP) is 7.70. The molecule has 0 aliphatic rings. The largest absolute Gasteiger partial charge is 0.358 e. The smallest absolute Gasteiger partial charge is 0.171 e. The molecule has 0 fully saturated rings. The van der Waals surface area contributed by atoms with Crippen LogP contribution in [0.25, 0.3) is 44.3 Å². The number of aryl methyl sites for hydroxylation is 2. The minimum atomic E-state index is -1.96. The molecular formula is C31H38F2N8Si. The summed E-state index contributed by atoms with van der Waals surface area (Å²) in [5.74, 6) is -0.472. The van der Waals surface area contributed by atoms with Crippen LogP contribution in [0.4, 0.5) is 8.78 Å². The van der Waals surface area contributed by atoms with Gasteiger partial charge in [-0.05, 0) is 35.0 Å². The van der Waals surface area contributed by atoms with E-state index in [0.717, 1.165) is 16.8 Å². The number of hydrogen-bond acceptors (Lipinski definition) is 4. The molecule has 0 saturated carbocycles. The van der Waals surface area contributed by atoms with E-state index >= 15 is 4.39 Å². The van der Waals surface area contributed by atoms with Crippen LogP contribution in [0, 0.1) is 11.6 Å². The van der Waals surface area contributed by atoms with E-state index in [1.165, 1.54) is 6.20 Å². The summed E-state index contributed by atoms with van der Waals surface area (Å²) in [7, 11) is 1.67. The Bertz CT molecular complexity index is 1820. The summed E-state index contributed by atoms with van der Waals surface area (Å²) in [6.07, 6.45) is 13.8. The molecular weight excluding hydrogens is 550 g/mol. The van der Waals surface area contributed by atoms with Gasteiger partial charge in [0.2, 0.25) is 0 Å². The Morgan fingerprint density at radius 2 is 1.24 bits per heavy atom. The number of nitrogens with one attached hydrogen (secondary N) is 1. The third-order valence-electron chi connectivity index (χ3n) is 8.39. The highest BCUT2D eigenvalue weighted by Gasteiger charge is 2.46. The zero-order valence-corrected chi connectivity index (χ0v) is 26.4. The van der Waals surface area contributed by atoms with Crippen LogP contribution in [-0.4, -0.2) is 47.0 Å². The summed E-state index contributed by atoms with van der Waals surface area (Å²) in [6.45, 7) is 13.8. The zero-order valence-electron chi connectivity index (χ0n) is 25.4. The summed E-state index contributed by atoms with van der Waals surface area (Å²) in [5.41, 5.74) is 5.39. The Balaban J connectivity index is 0.000000187. The Kier molecular flexibility index (Phi) is 7.89. The maximum atomic E-state index is 15.3. The topological polar surface area (TPSA) is 82.1 Å². The molecule has 0 amide bonds. The van der Waals surface area contributed by atoms with E-state index in [2.05, 4.69) is 72.1 Å². The summed E-state index contributed by atoms with van der Waals surface area (Å²) in [6, 6.07) is 3.57. The Morgan fingerprint density at radius 1 is 0.714 bits per heavy atom. The van der Waals surface area contributed by atoms with E-state index < -0.39 is 8.24 Å². The highest BCUT2D eigenvalue weighted by Crippen LogP contribution is 2.44. The van der Waals surface area contributed by atoms with Crippen LogP contribution >= 0.6 is 0 Å². The number of nitrogens with zero attached hydrogens (tertiary/aromatic N) is 7. The van der Waals surface area contributed by atoms with E-state index in [0.29, 0.717) is 44.2 Å². The Hall–Kier alpha value is -4.12. The number of H-pyrrole nitrogens is 1. The first-order valence-electron chi connectivity index (χ1n) is 14.2. The van der Waals surface area contributed by atoms with Crippen molar-refractivity contribution >= 4 is 30.3 Å². The lowest BCUT2D eigenvalue weighted by Crippen LogP contribution is -2.51. The molecule has 42 heavy (non-hydrogen) atoms. The number of halogens is 2. The van der Waals surface area contributed by atoms with Gasteiger partial charge in [-0.1, -0.05) is 41.5 Å². The van der Waals surface area contributed by atoms with Crippen LogP contribution < -0.4 is 0 Å². The number of pyridine rings is 2. The second-order valence-corrected chi connectivity index (χ2v) is 17.5. The first-order valence-corrected chi connectivity index (χ1v) is 16.4. The summed E-state index contributed by atoms with van der Waals surface area (Å²) in [4.78, 5) is 11.7. The quantitative estimate of drug-likeness (QED) is 0.202. The van der Waals surface area contributed by atoms with Gasteiger partial charge in [-0.25, -0.2) is 18.7 Å². The van der Waals surface area contributed by atoms with Crippen LogP contribution in [0.1, 0.15) is 41.5 Å². The van der Waals surface area contributed by atoms with Crippen molar-refractivity contribution in [1.29, 1.82) is 0 Å². The molecule has 11 heteroatoms. The molecule has 0 atom stereocenters. The molecule has 0 unspecified atom stereocenters. The van der Waals surface area contributed by atoms with Crippen LogP contribution in [0.2, 0.25) is 16.6 Å². The summed E-state index contributed by atoms with van der Waals surface area (Å²) < 4.78 is 35.1. The number of aromatic amines is 1. The SMILES string of the molecule is CC(C)[Si](C(C)C)(C(C)C)n1ccc2c(F)c(-c3cnn(C)c3)cnc21.Cn1cc(-c2cnc3[nH]ccc3c2F)cn1. The fourth-order valence-electron chi connectivity index (χ4n) is 6.70. The Labute approximate surface area is 245 Å². The maximum absolute atomic E-state index is 15.3. The van der Waals surface area contributed by atoms with Crippen LogP contribution in [0.15, 0.2) is 61.7 Å². The molecule has 0 aliphatic heterocycles. The third kappa shape index (κ3) is 4.85. The minimum absolute atomic E-state index is 0.207. The summed E-state index contributed by atoms with van der Waals surface area (Å²) >= 11 is 0. The minimum Gasteiger partial charge on any atom is -0.358 e. The Morgan fingerprint density at radius 3 is 1.74 bits per heavy atom. The number of hydrogen-bond donors (Lipinski definition) is 1. The molecule has 6 aromatic rings. The lowest BCUT2D eigenvalue weighted by atomic mass is 10.1. The van der Waals surface area contributed by atoms with E-state index in [-0.39, 0.29) is 11.6 Å². The molecule has 220 valence electrons. The van der Waals surface area contributed by atoms with Crippen molar-refractivity contribution in [3.8, 4) is 22.3 Å². The van der Waals surface area contributed by atoms with Gasteiger partial charge >= 0.3 is 0 Å². The highest BCUT2D eigenvalue weighted by molar-refractivity contribution is 6.82. The van der Waals surface area contributed by atoms with Crippen molar-refractivity contribution in [3.63, 3.8) is 0 Å². The second-order valence-electron chi connectivity index (χ2n) is 11.8. The van der Waals surface area contributed by atoms with E-state index in [1.807, 2.05) is 19.3 Å². The van der Waals surface area contributed by atoms with E-state index in [4.69, 9.17) is 4.98 Å².